The lowest BCUT2D eigenvalue weighted by Crippen LogP contribution is -2.48. The standard InChI is InChI=1S/2C17H19N3O3S/c2*21-15(5-4-13-2-1-3-14(12-13)16(22)23)19-7-9-20(10-8-19)17-18-6-11-24-17/h2*1-3,6,11-12H,4-5,7-10H2,(H,22,23). The molecule has 2 N–H and O–H groups in total. The van der Waals surface area contributed by atoms with Crippen LogP contribution in [-0.2, 0) is 22.4 Å². The molecule has 2 fully saturated rings. The summed E-state index contributed by atoms with van der Waals surface area (Å²) in [5.74, 6) is -1.65. The van der Waals surface area contributed by atoms with Crippen LogP contribution in [0.5, 0.6) is 0 Å². The number of piperazine rings is 2. The molecule has 0 unspecified atom stereocenters. The van der Waals surface area contributed by atoms with Gasteiger partial charge in [0.05, 0.1) is 11.1 Å². The van der Waals surface area contributed by atoms with Crippen LogP contribution < -0.4 is 9.80 Å². The molecule has 0 atom stereocenters. The van der Waals surface area contributed by atoms with E-state index in [4.69, 9.17) is 10.2 Å². The summed E-state index contributed by atoms with van der Waals surface area (Å²) >= 11 is 3.23. The maximum atomic E-state index is 12.4. The molecule has 4 heterocycles. The second-order valence-corrected chi connectivity index (χ2v) is 13.1. The number of carbonyl (C=O) groups is 4. The van der Waals surface area contributed by atoms with Crippen LogP contribution in [0.2, 0.25) is 0 Å². The highest BCUT2D eigenvalue weighted by molar-refractivity contribution is 7.13. The largest absolute Gasteiger partial charge is 0.478 e. The zero-order valence-electron chi connectivity index (χ0n) is 26.4. The molecule has 252 valence electrons. The third-order valence-electron chi connectivity index (χ3n) is 8.25. The van der Waals surface area contributed by atoms with Crippen molar-refractivity contribution in [3.05, 3.63) is 93.9 Å². The minimum atomic E-state index is -0.943. The lowest BCUT2D eigenvalue weighted by atomic mass is 10.1. The van der Waals surface area contributed by atoms with Crippen molar-refractivity contribution in [1.82, 2.24) is 19.8 Å². The first-order chi connectivity index (χ1) is 23.3. The average molecular weight is 691 g/mol. The average Bonchev–Trinajstić information content (AvgIpc) is 3.86. The number of rotatable bonds is 10. The van der Waals surface area contributed by atoms with Crippen molar-refractivity contribution in [2.45, 2.75) is 25.7 Å². The van der Waals surface area contributed by atoms with Crippen LogP contribution in [0, 0.1) is 0 Å². The number of thiazole rings is 2. The lowest BCUT2D eigenvalue weighted by molar-refractivity contribution is -0.132. The fraction of sp³-hybridized carbons (Fsp3) is 0.353. The Bertz CT molecular complexity index is 1540. The Hall–Kier alpha value is -4.82. The highest BCUT2D eigenvalue weighted by atomic mass is 32.1. The van der Waals surface area contributed by atoms with Gasteiger partial charge in [-0.15, -0.1) is 22.7 Å². The number of nitrogens with zero attached hydrogens (tertiary/aromatic N) is 6. The highest BCUT2D eigenvalue weighted by Gasteiger charge is 2.23. The number of anilines is 2. The predicted octanol–water partition coefficient (Wildman–Crippen LogP) is 4.25. The van der Waals surface area contributed by atoms with Crippen LogP contribution in [0.4, 0.5) is 10.3 Å². The van der Waals surface area contributed by atoms with E-state index in [-0.39, 0.29) is 22.9 Å². The van der Waals surface area contributed by atoms with Gasteiger partial charge in [0.15, 0.2) is 10.3 Å². The van der Waals surface area contributed by atoms with Gasteiger partial charge in [-0.2, -0.15) is 0 Å². The van der Waals surface area contributed by atoms with E-state index in [0.29, 0.717) is 51.9 Å². The summed E-state index contributed by atoms with van der Waals surface area (Å²) in [6, 6.07) is 13.6. The number of aromatic nitrogens is 2. The molecule has 0 saturated carbocycles. The number of carboxylic acids is 2. The zero-order valence-corrected chi connectivity index (χ0v) is 28.1. The van der Waals surface area contributed by atoms with Gasteiger partial charge in [-0.25, -0.2) is 19.6 Å². The number of benzene rings is 2. The van der Waals surface area contributed by atoms with Crippen LogP contribution in [0.1, 0.15) is 44.7 Å². The molecule has 12 nitrogen and oxygen atoms in total. The fourth-order valence-electron chi connectivity index (χ4n) is 5.58. The Morgan fingerprint density at radius 3 is 1.33 bits per heavy atom. The molecule has 14 heteroatoms. The monoisotopic (exact) mass is 690 g/mol. The lowest BCUT2D eigenvalue weighted by Gasteiger charge is -2.34. The Morgan fingerprint density at radius 1 is 0.604 bits per heavy atom. The van der Waals surface area contributed by atoms with Gasteiger partial charge in [-0.3, -0.25) is 9.59 Å². The van der Waals surface area contributed by atoms with E-state index in [2.05, 4.69) is 19.8 Å². The van der Waals surface area contributed by atoms with Gasteiger partial charge in [0, 0.05) is 88.4 Å². The van der Waals surface area contributed by atoms with Crippen LogP contribution in [0.3, 0.4) is 0 Å². The number of hydrogen-bond acceptors (Lipinski definition) is 10. The predicted molar refractivity (Wildman–Crippen MR) is 185 cm³/mol. The number of carboxylic acid groups (broad SMARTS) is 2. The summed E-state index contributed by atoms with van der Waals surface area (Å²) in [5.41, 5.74) is 2.28. The Morgan fingerprint density at radius 2 is 1.00 bits per heavy atom. The summed E-state index contributed by atoms with van der Waals surface area (Å²) < 4.78 is 0. The van der Waals surface area contributed by atoms with Gasteiger partial charge in [0.25, 0.3) is 0 Å². The topological polar surface area (TPSA) is 147 Å². The van der Waals surface area contributed by atoms with Crippen LogP contribution >= 0.6 is 22.7 Å². The molecule has 48 heavy (non-hydrogen) atoms. The molecule has 4 aromatic rings. The van der Waals surface area contributed by atoms with E-state index in [1.807, 2.05) is 32.7 Å². The number of aryl methyl sites for hydroxylation is 2. The first-order valence-corrected chi connectivity index (χ1v) is 17.5. The number of hydrogen-bond donors (Lipinski definition) is 2. The first kappa shape index (κ1) is 34.5. The molecule has 2 aliphatic rings. The van der Waals surface area contributed by atoms with E-state index in [1.165, 1.54) is 0 Å². The summed E-state index contributed by atoms with van der Waals surface area (Å²) in [4.78, 5) is 63.4. The molecule has 0 aliphatic carbocycles. The summed E-state index contributed by atoms with van der Waals surface area (Å²) in [7, 11) is 0. The van der Waals surface area contributed by atoms with Gasteiger partial charge in [-0.05, 0) is 48.2 Å². The third kappa shape index (κ3) is 9.61. The van der Waals surface area contributed by atoms with Gasteiger partial charge in [0.1, 0.15) is 0 Å². The smallest absolute Gasteiger partial charge is 0.335 e. The van der Waals surface area contributed by atoms with Crippen LogP contribution in [0.25, 0.3) is 0 Å². The molecule has 2 aromatic carbocycles. The first-order valence-electron chi connectivity index (χ1n) is 15.8. The molecule has 0 radical (unpaired) electrons. The zero-order chi connectivity index (χ0) is 33.9. The summed E-state index contributed by atoms with van der Waals surface area (Å²) in [5, 5.41) is 23.9. The number of amides is 2. The molecule has 2 aliphatic heterocycles. The molecule has 6 rings (SSSR count). The molecule has 2 amide bonds. The molecular formula is C34H38N6O6S2. The van der Waals surface area contributed by atoms with E-state index < -0.39 is 11.9 Å². The fourth-order valence-corrected chi connectivity index (χ4v) is 6.97. The van der Waals surface area contributed by atoms with Crippen molar-refractivity contribution in [2.75, 3.05) is 62.2 Å². The van der Waals surface area contributed by atoms with Crippen molar-refractivity contribution >= 4 is 56.7 Å². The maximum Gasteiger partial charge on any atom is 0.335 e. The SMILES string of the molecule is O=C(O)c1cccc(CCC(=O)N2CCN(c3nccs3)CC2)c1.O=C(O)c1cccc(CCC(=O)N2CCN(c3nccs3)CC2)c1. The van der Waals surface area contributed by atoms with E-state index >= 15 is 0 Å². The van der Waals surface area contributed by atoms with E-state index in [9.17, 15) is 19.2 Å². The third-order valence-corrected chi connectivity index (χ3v) is 9.91. The van der Waals surface area contributed by atoms with Gasteiger partial charge < -0.3 is 29.8 Å². The van der Waals surface area contributed by atoms with Crippen molar-refractivity contribution < 1.29 is 29.4 Å². The normalized spacial score (nSPS) is 14.7. The van der Waals surface area contributed by atoms with Gasteiger partial charge in [-0.1, -0.05) is 24.3 Å². The second kappa shape index (κ2) is 16.8. The maximum absolute atomic E-state index is 12.4. The Balaban J connectivity index is 0.000000188. The molecular weight excluding hydrogens is 653 g/mol. The van der Waals surface area contributed by atoms with Crippen molar-refractivity contribution in [1.29, 1.82) is 0 Å². The van der Waals surface area contributed by atoms with Crippen molar-refractivity contribution in [2.24, 2.45) is 0 Å². The molecule has 0 bridgehead atoms. The van der Waals surface area contributed by atoms with Crippen molar-refractivity contribution in [3.63, 3.8) is 0 Å². The molecule has 0 spiro atoms. The Labute approximate surface area is 286 Å². The molecule has 2 aromatic heterocycles. The van der Waals surface area contributed by atoms with Gasteiger partial charge in [0.2, 0.25) is 11.8 Å². The quantitative estimate of drug-likeness (QED) is 0.248. The van der Waals surface area contributed by atoms with Crippen LogP contribution in [-0.4, -0.2) is 106 Å². The summed E-state index contributed by atoms with van der Waals surface area (Å²) in [6.45, 7) is 6.01. The second-order valence-electron chi connectivity index (χ2n) is 11.4. The van der Waals surface area contributed by atoms with Crippen molar-refractivity contribution in [3.8, 4) is 0 Å². The number of carbonyl (C=O) groups excluding carboxylic acids is 2. The van der Waals surface area contributed by atoms with E-state index in [1.54, 1.807) is 71.5 Å². The summed E-state index contributed by atoms with van der Waals surface area (Å²) in [6.07, 6.45) is 5.52. The van der Waals surface area contributed by atoms with E-state index in [0.717, 1.165) is 47.6 Å². The molecule has 2 saturated heterocycles. The van der Waals surface area contributed by atoms with Crippen LogP contribution in [0.15, 0.2) is 71.7 Å². The Kier molecular flexibility index (Phi) is 12.1. The number of aromatic carboxylic acids is 2. The highest BCUT2D eigenvalue weighted by Crippen LogP contribution is 2.21. The minimum absolute atomic E-state index is 0.120. The minimum Gasteiger partial charge on any atom is -0.478 e. The van der Waals surface area contributed by atoms with Gasteiger partial charge >= 0.3 is 11.9 Å².